The van der Waals surface area contributed by atoms with E-state index in [1.807, 2.05) is 31.4 Å². The van der Waals surface area contributed by atoms with E-state index in [1.54, 1.807) is 7.11 Å². The molecule has 2 aromatic carbocycles. The zero-order valence-electron chi connectivity index (χ0n) is 13.9. The van der Waals surface area contributed by atoms with E-state index in [0.29, 0.717) is 0 Å². The number of rotatable bonds is 4. The van der Waals surface area contributed by atoms with Crippen molar-refractivity contribution in [1.82, 2.24) is 0 Å². The van der Waals surface area contributed by atoms with Crippen molar-refractivity contribution in [1.29, 1.82) is 0 Å². The Morgan fingerprint density at radius 3 is 2.00 bits per heavy atom. The molecule has 3 rings (SSSR count). The quantitative estimate of drug-likeness (QED) is 0.662. The fourth-order valence-corrected chi connectivity index (χ4v) is 3.00. The molecule has 0 saturated heterocycles. The summed E-state index contributed by atoms with van der Waals surface area (Å²) < 4.78 is 8.02. The van der Waals surface area contributed by atoms with Crippen LogP contribution in [0.4, 0.5) is 0 Å². The molecular weight excluding hydrogens is 282 g/mol. The summed E-state index contributed by atoms with van der Waals surface area (Å²) in [6.07, 6.45) is 2.05. The molecule has 2 nitrogen and oxygen atoms in total. The van der Waals surface area contributed by atoms with E-state index < -0.39 is 5.60 Å². The summed E-state index contributed by atoms with van der Waals surface area (Å²) >= 11 is 0. The summed E-state index contributed by atoms with van der Waals surface area (Å²) in [4.78, 5) is 0. The number of benzene rings is 2. The number of nitrogens with zero attached hydrogens (tertiary/aromatic N) is 1. The second kappa shape index (κ2) is 6.35. The molecule has 2 heteroatoms. The van der Waals surface area contributed by atoms with Gasteiger partial charge in [0.1, 0.15) is 7.05 Å². The lowest BCUT2D eigenvalue weighted by Crippen LogP contribution is -2.43. The van der Waals surface area contributed by atoms with Gasteiger partial charge in [0.25, 0.3) is 0 Å². The van der Waals surface area contributed by atoms with Crippen molar-refractivity contribution in [2.24, 2.45) is 7.05 Å². The lowest BCUT2D eigenvalue weighted by atomic mass is 9.90. The van der Waals surface area contributed by atoms with Gasteiger partial charge < -0.3 is 4.74 Å². The molecule has 0 N–H and O–H groups in total. The minimum absolute atomic E-state index is 0.481. The molecule has 3 aromatic rings. The standard InChI is InChI=1S/C21H22NO/c1-21(23-3,20-11-7-8-16-22(20)2)19-14-12-18(13-15-19)17-9-5-4-6-10-17/h4-16H,1-3H3/q+1. The van der Waals surface area contributed by atoms with Crippen LogP contribution in [0.1, 0.15) is 18.2 Å². The topological polar surface area (TPSA) is 13.1 Å². The smallest absolute Gasteiger partial charge is 0.217 e. The first-order chi connectivity index (χ1) is 11.1. The number of pyridine rings is 1. The van der Waals surface area contributed by atoms with E-state index in [1.165, 1.54) is 11.1 Å². The van der Waals surface area contributed by atoms with Gasteiger partial charge in [-0.05, 0) is 29.7 Å². The summed E-state index contributed by atoms with van der Waals surface area (Å²) in [5, 5.41) is 0. The van der Waals surface area contributed by atoms with Crippen molar-refractivity contribution in [3.8, 4) is 11.1 Å². The maximum Gasteiger partial charge on any atom is 0.217 e. The first-order valence-corrected chi connectivity index (χ1v) is 7.81. The SMILES string of the molecule is COC(C)(c1ccc(-c2ccccc2)cc1)c1cccc[n+]1C. The fourth-order valence-electron chi connectivity index (χ4n) is 3.00. The molecule has 23 heavy (non-hydrogen) atoms. The van der Waals surface area contributed by atoms with Crippen molar-refractivity contribution < 1.29 is 9.30 Å². The minimum atomic E-state index is -0.481. The minimum Gasteiger partial charge on any atom is -0.363 e. The zero-order valence-corrected chi connectivity index (χ0v) is 13.9. The van der Waals surface area contributed by atoms with Crippen LogP contribution in [0.15, 0.2) is 79.0 Å². The largest absolute Gasteiger partial charge is 0.363 e. The Labute approximate surface area is 138 Å². The second-order valence-electron chi connectivity index (χ2n) is 5.88. The molecule has 0 aliphatic rings. The summed E-state index contributed by atoms with van der Waals surface area (Å²) in [7, 11) is 3.81. The van der Waals surface area contributed by atoms with Gasteiger partial charge >= 0.3 is 0 Å². The van der Waals surface area contributed by atoms with Gasteiger partial charge in [-0.25, -0.2) is 4.57 Å². The predicted octanol–water partition coefficient (Wildman–Crippen LogP) is 4.09. The molecular formula is C21H22NO+. The molecule has 1 atom stereocenters. The van der Waals surface area contributed by atoms with Crippen molar-refractivity contribution in [2.45, 2.75) is 12.5 Å². The molecule has 1 aromatic heterocycles. The monoisotopic (exact) mass is 304 g/mol. The third-order valence-corrected chi connectivity index (χ3v) is 4.49. The number of aromatic nitrogens is 1. The molecule has 0 amide bonds. The lowest BCUT2D eigenvalue weighted by molar-refractivity contribution is -0.685. The molecule has 1 unspecified atom stereocenters. The summed E-state index contributed by atoms with van der Waals surface area (Å²) in [5.41, 5.74) is 4.22. The van der Waals surface area contributed by atoms with Gasteiger partial charge in [-0.3, -0.25) is 0 Å². The van der Waals surface area contributed by atoms with Crippen LogP contribution < -0.4 is 4.57 Å². The lowest BCUT2D eigenvalue weighted by Gasteiger charge is -2.26. The molecule has 0 bridgehead atoms. The maximum absolute atomic E-state index is 5.92. The summed E-state index contributed by atoms with van der Waals surface area (Å²) in [6, 6.07) is 25.2. The Kier molecular flexibility index (Phi) is 4.26. The number of hydrogen-bond acceptors (Lipinski definition) is 1. The number of hydrogen-bond donors (Lipinski definition) is 0. The number of ether oxygens (including phenoxy) is 1. The molecule has 0 radical (unpaired) electrons. The Morgan fingerprint density at radius 2 is 1.39 bits per heavy atom. The molecule has 0 saturated carbocycles. The highest BCUT2D eigenvalue weighted by Gasteiger charge is 2.35. The molecule has 1 heterocycles. The highest BCUT2D eigenvalue weighted by atomic mass is 16.5. The van der Waals surface area contributed by atoms with Gasteiger partial charge in [-0.15, -0.1) is 0 Å². The van der Waals surface area contributed by atoms with E-state index in [-0.39, 0.29) is 0 Å². The van der Waals surface area contributed by atoms with Gasteiger partial charge in [0.2, 0.25) is 5.69 Å². The number of aryl methyl sites for hydroxylation is 1. The Hall–Kier alpha value is -2.45. The third-order valence-electron chi connectivity index (χ3n) is 4.49. The Morgan fingerprint density at radius 1 is 0.783 bits per heavy atom. The van der Waals surface area contributed by atoms with Crippen LogP contribution in [0.5, 0.6) is 0 Å². The molecule has 116 valence electrons. The first-order valence-electron chi connectivity index (χ1n) is 7.81. The predicted molar refractivity (Wildman–Crippen MR) is 93.0 cm³/mol. The van der Waals surface area contributed by atoms with E-state index in [2.05, 4.69) is 66.1 Å². The summed E-state index contributed by atoms with van der Waals surface area (Å²) in [6.45, 7) is 2.11. The van der Waals surface area contributed by atoms with Gasteiger partial charge in [0.15, 0.2) is 11.8 Å². The molecule has 0 aliphatic carbocycles. The van der Waals surface area contributed by atoms with Crippen molar-refractivity contribution in [3.05, 3.63) is 90.3 Å². The van der Waals surface area contributed by atoms with Crippen LogP contribution in [0.3, 0.4) is 0 Å². The van der Waals surface area contributed by atoms with E-state index in [4.69, 9.17) is 4.74 Å². The van der Waals surface area contributed by atoms with Gasteiger partial charge in [-0.1, -0.05) is 54.6 Å². The average molecular weight is 304 g/mol. The van der Waals surface area contributed by atoms with Crippen LogP contribution in [-0.4, -0.2) is 7.11 Å². The summed E-state index contributed by atoms with van der Waals surface area (Å²) in [5.74, 6) is 0. The van der Waals surface area contributed by atoms with Gasteiger partial charge in [-0.2, -0.15) is 0 Å². The van der Waals surface area contributed by atoms with Crippen LogP contribution >= 0.6 is 0 Å². The van der Waals surface area contributed by atoms with Crippen LogP contribution in [0.2, 0.25) is 0 Å². The van der Waals surface area contributed by atoms with Crippen molar-refractivity contribution in [2.75, 3.05) is 7.11 Å². The van der Waals surface area contributed by atoms with E-state index in [9.17, 15) is 0 Å². The van der Waals surface area contributed by atoms with Crippen LogP contribution in [0, 0.1) is 0 Å². The third kappa shape index (κ3) is 2.90. The normalized spacial score (nSPS) is 13.5. The van der Waals surface area contributed by atoms with Crippen molar-refractivity contribution in [3.63, 3.8) is 0 Å². The second-order valence-corrected chi connectivity index (χ2v) is 5.88. The Balaban J connectivity index is 2.01. The highest BCUT2D eigenvalue weighted by molar-refractivity contribution is 5.63. The van der Waals surface area contributed by atoms with E-state index in [0.717, 1.165) is 11.3 Å². The van der Waals surface area contributed by atoms with Gasteiger partial charge in [0, 0.05) is 19.2 Å². The molecule has 0 aliphatic heterocycles. The van der Waals surface area contributed by atoms with E-state index >= 15 is 0 Å². The maximum atomic E-state index is 5.92. The Bertz CT molecular complexity index is 780. The zero-order chi connectivity index (χ0) is 16.3. The average Bonchev–Trinajstić information content (AvgIpc) is 2.62. The van der Waals surface area contributed by atoms with Crippen molar-refractivity contribution >= 4 is 0 Å². The molecule has 0 spiro atoms. The van der Waals surface area contributed by atoms with Crippen LogP contribution in [-0.2, 0) is 17.4 Å². The number of methoxy groups -OCH3 is 1. The first kappa shape index (κ1) is 15.4. The fraction of sp³-hybridized carbons (Fsp3) is 0.190. The highest BCUT2D eigenvalue weighted by Crippen LogP contribution is 2.32. The van der Waals surface area contributed by atoms with Crippen LogP contribution in [0.25, 0.3) is 11.1 Å². The van der Waals surface area contributed by atoms with Gasteiger partial charge in [0.05, 0.1) is 0 Å². The molecule has 0 fully saturated rings.